The van der Waals surface area contributed by atoms with E-state index in [9.17, 15) is 8.42 Å². The largest absolute Gasteiger partial charge is 0.378 e. The summed E-state index contributed by atoms with van der Waals surface area (Å²) < 4.78 is 32.2. The molecule has 0 bridgehead atoms. The van der Waals surface area contributed by atoms with Gasteiger partial charge in [-0.15, -0.1) is 11.3 Å². The molecule has 0 radical (unpaired) electrons. The van der Waals surface area contributed by atoms with Gasteiger partial charge >= 0.3 is 0 Å². The number of benzene rings is 1. The number of rotatable bonds is 5. The van der Waals surface area contributed by atoms with Crippen LogP contribution in [0.5, 0.6) is 0 Å². The number of H-pyrrole nitrogens is 1. The van der Waals surface area contributed by atoms with Gasteiger partial charge in [0, 0.05) is 61.1 Å². The Morgan fingerprint density at radius 2 is 2.00 bits per heavy atom. The summed E-state index contributed by atoms with van der Waals surface area (Å²) >= 11 is 1.73. The molecule has 10 nitrogen and oxygen atoms in total. The normalized spacial score (nSPS) is 20.5. The molecule has 1 N–H and O–H groups in total. The van der Waals surface area contributed by atoms with Gasteiger partial charge in [-0.25, -0.2) is 18.4 Å². The minimum absolute atomic E-state index is 0.137. The first kappa shape index (κ1) is 23.7. The summed E-state index contributed by atoms with van der Waals surface area (Å²) in [5, 5.41) is 8.24. The Hall–Kier alpha value is -2.64. The maximum atomic E-state index is 12.0. The van der Waals surface area contributed by atoms with Gasteiger partial charge in [0.05, 0.1) is 41.4 Å². The second-order valence-electron chi connectivity index (χ2n) is 9.47. The zero-order chi connectivity index (χ0) is 24.9. The summed E-state index contributed by atoms with van der Waals surface area (Å²) in [5.41, 5.74) is 2.85. The highest BCUT2D eigenvalue weighted by Crippen LogP contribution is 2.36. The highest BCUT2D eigenvalue weighted by molar-refractivity contribution is 7.88. The number of hydrogen-bond acceptors (Lipinski definition) is 9. The predicted octanol–water partition coefficient (Wildman–Crippen LogP) is 2.54. The maximum absolute atomic E-state index is 12.0. The topological polar surface area (TPSA) is 108 Å². The van der Waals surface area contributed by atoms with E-state index in [1.54, 1.807) is 15.6 Å². The molecule has 5 heterocycles. The average molecular weight is 528 g/mol. The molecule has 0 spiro atoms. The third kappa shape index (κ3) is 4.48. The summed E-state index contributed by atoms with van der Waals surface area (Å²) in [6.07, 6.45) is 3.11. The van der Waals surface area contributed by atoms with Crippen LogP contribution in [0, 0.1) is 0 Å². The second-order valence-corrected chi connectivity index (χ2v) is 12.6. The Morgan fingerprint density at radius 1 is 1.17 bits per heavy atom. The molecule has 2 aliphatic rings. The van der Waals surface area contributed by atoms with Crippen LogP contribution >= 0.6 is 11.3 Å². The van der Waals surface area contributed by atoms with E-state index in [0.717, 1.165) is 52.1 Å². The molecule has 2 saturated heterocycles. The lowest BCUT2D eigenvalue weighted by atomic mass is 10.1. The van der Waals surface area contributed by atoms with Gasteiger partial charge in [-0.05, 0) is 19.1 Å². The fourth-order valence-electron chi connectivity index (χ4n) is 5.01. The van der Waals surface area contributed by atoms with Gasteiger partial charge in [-0.1, -0.05) is 12.1 Å². The van der Waals surface area contributed by atoms with E-state index in [1.807, 2.05) is 24.4 Å². The van der Waals surface area contributed by atoms with Crippen LogP contribution in [0.25, 0.3) is 32.5 Å². The van der Waals surface area contributed by atoms with Crippen LogP contribution in [-0.4, -0.2) is 96.0 Å². The van der Waals surface area contributed by atoms with E-state index in [-0.39, 0.29) is 6.04 Å². The fraction of sp³-hybridized carbons (Fsp3) is 0.458. The number of anilines is 1. The molecule has 0 saturated carbocycles. The Balaban J connectivity index is 1.37. The first-order valence-corrected chi connectivity index (χ1v) is 14.8. The van der Waals surface area contributed by atoms with Crippen molar-refractivity contribution >= 4 is 48.3 Å². The van der Waals surface area contributed by atoms with Crippen LogP contribution in [0.15, 0.2) is 30.5 Å². The number of aromatic amines is 1. The summed E-state index contributed by atoms with van der Waals surface area (Å²) in [7, 11) is -3.17. The Bertz CT molecular complexity index is 1510. The van der Waals surface area contributed by atoms with Crippen molar-refractivity contribution in [2.24, 2.45) is 0 Å². The van der Waals surface area contributed by atoms with Gasteiger partial charge in [-0.2, -0.15) is 9.40 Å². The minimum atomic E-state index is -3.17. The standard InChI is InChI=1S/C24H29N7O3S2/c1-16-14-31(36(2,32)33)7-6-30(16)15-17-12-21-22(35-17)24(29-8-10-34-11-9-29)27-23(26-21)18-4-3-5-20-19(18)13-25-28-20/h3-5,12-13,16H,6-11,14-15H2,1-2H3,(H,25,28)/t16-/m0/s1. The quantitative estimate of drug-likeness (QED) is 0.422. The zero-order valence-corrected chi connectivity index (χ0v) is 22.0. The molecule has 4 aromatic rings. The van der Waals surface area contributed by atoms with Crippen LogP contribution in [0.1, 0.15) is 11.8 Å². The lowest BCUT2D eigenvalue weighted by Crippen LogP contribution is -2.52. The average Bonchev–Trinajstić information content (AvgIpc) is 3.51. The molecular weight excluding hydrogens is 498 g/mol. The van der Waals surface area contributed by atoms with E-state index in [2.05, 4.69) is 33.0 Å². The summed E-state index contributed by atoms with van der Waals surface area (Å²) in [6, 6.07) is 8.34. The Kier molecular flexibility index (Phi) is 6.16. The molecule has 0 amide bonds. The molecule has 190 valence electrons. The van der Waals surface area contributed by atoms with E-state index >= 15 is 0 Å². The highest BCUT2D eigenvalue weighted by Gasteiger charge is 2.29. The molecule has 3 aromatic heterocycles. The van der Waals surface area contributed by atoms with E-state index in [4.69, 9.17) is 14.7 Å². The first-order chi connectivity index (χ1) is 17.4. The molecule has 36 heavy (non-hydrogen) atoms. The minimum Gasteiger partial charge on any atom is -0.378 e. The Morgan fingerprint density at radius 3 is 2.78 bits per heavy atom. The zero-order valence-electron chi connectivity index (χ0n) is 20.3. The number of morpholine rings is 1. The molecule has 2 aliphatic heterocycles. The van der Waals surface area contributed by atoms with Crippen LogP contribution in [0.3, 0.4) is 0 Å². The lowest BCUT2D eigenvalue weighted by molar-refractivity contribution is 0.122. The van der Waals surface area contributed by atoms with Gasteiger partial charge in [0.1, 0.15) is 0 Å². The highest BCUT2D eigenvalue weighted by atomic mass is 32.2. The first-order valence-electron chi connectivity index (χ1n) is 12.1. The van der Waals surface area contributed by atoms with E-state index in [0.29, 0.717) is 38.7 Å². The van der Waals surface area contributed by atoms with Gasteiger partial charge in [0.25, 0.3) is 0 Å². The third-order valence-corrected chi connectivity index (χ3v) is 9.37. The third-order valence-electron chi connectivity index (χ3n) is 7.00. The number of sulfonamides is 1. The molecule has 0 aliphatic carbocycles. The summed E-state index contributed by atoms with van der Waals surface area (Å²) in [4.78, 5) is 15.9. The number of nitrogens with zero attached hydrogens (tertiary/aromatic N) is 6. The molecule has 1 aromatic carbocycles. The monoisotopic (exact) mass is 527 g/mol. The number of nitrogens with one attached hydrogen (secondary N) is 1. The van der Waals surface area contributed by atoms with Crippen molar-refractivity contribution in [3.8, 4) is 11.4 Å². The fourth-order valence-corrected chi connectivity index (χ4v) is 7.05. The van der Waals surface area contributed by atoms with E-state index < -0.39 is 10.0 Å². The van der Waals surface area contributed by atoms with Crippen molar-refractivity contribution < 1.29 is 13.2 Å². The number of thiophene rings is 1. The van der Waals surface area contributed by atoms with Crippen LogP contribution in [-0.2, 0) is 21.3 Å². The van der Waals surface area contributed by atoms with Crippen molar-refractivity contribution in [1.82, 2.24) is 29.4 Å². The number of ether oxygens (including phenoxy) is 1. The number of hydrogen-bond donors (Lipinski definition) is 1. The van der Waals surface area contributed by atoms with Crippen LogP contribution < -0.4 is 4.90 Å². The number of aromatic nitrogens is 4. The molecule has 12 heteroatoms. The van der Waals surface area contributed by atoms with Crippen molar-refractivity contribution in [3.05, 3.63) is 35.3 Å². The van der Waals surface area contributed by atoms with Gasteiger partial charge < -0.3 is 9.64 Å². The summed E-state index contributed by atoms with van der Waals surface area (Å²) in [6.45, 7) is 7.53. The van der Waals surface area contributed by atoms with Crippen molar-refractivity contribution in [1.29, 1.82) is 0 Å². The van der Waals surface area contributed by atoms with Crippen molar-refractivity contribution in [2.75, 3.05) is 57.1 Å². The van der Waals surface area contributed by atoms with Gasteiger partial charge in [0.15, 0.2) is 11.6 Å². The van der Waals surface area contributed by atoms with Gasteiger partial charge in [0.2, 0.25) is 10.0 Å². The predicted molar refractivity (Wildman–Crippen MR) is 142 cm³/mol. The van der Waals surface area contributed by atoms with Crippen molar-refractivity contribution in [2.45, 2.75) is 19.5 Å². The number of fused-ring (bicyclic) bond motifs is 2. The van der Waals surface area contributed by atoms with Gasteiger partial charge in [-0.3, -0.25) is 10.00 Å². The summed E-state index contributed by atoms with van der Waals surface area (Å²) in [5.74, 6) is 1.64. The Labute approximate surface area is 213 Å². The smallest absolute Gasteiger partial charge is 0.211 e. The maximum Gasteiger partial charge on any atom is 0.211 e. The molecule has 6 rings (SSSR count). The lowest BCUT2D eigenvalue weighted by Gasteiger charge is -2.38. The van der Waals surface area contributed by atoms with Crippen molar-refractivity contribution in [3.63, 3.8) is 0 Å². The second kappa shape index (κ2) is 9.34. The van der Waals surface area contributed by atoms with Crippen LogP contribution in [0.4, 0.5) is 5.82 Å². The molecule has 2 fully saturated rings. The molecule has 0 unspecified atom stereocenters. The van der Waals surface area contributed by atoms with E-state index in [1.165, 1.54) is 11.1 Å². The molecule has 1 atom stereocenters. The van der Waals surface area contributed by atoms with Crippen LogP contribution in [0.2, 0.25) is 0 Å². The number of piperazine rings is 1. The molecular formula is C24H29N7O3S2. The SMILES string of the molecule is C[C@H]1CN(S(C)(=O)=O)CCN1Cc1cc2nc(-c3cccc4[nH]ncc34)nc(N3CCOCC3)c2s1.